The Morgan fingerprint density at radius 2 is 1.98 bits per heavy atom. The summed E-state index contributed by atoms with van der Waals surface area (Å²) in [7, 11) is 1.87. The topological polar surface area (TPSA) is 177 Å². The van der Waals surface area contributed by atoms with E-state index in [1.165, 1.54) is 4.90 Å². The number of fused-ring (bicyclic) bond motifs is 3. The number of carbonyl (C=O) groups is 3. The number of carboxylic acids is 1. The molecule has 1 aromatic carbocycles. The van der Waals surface area contributed by atoms with Gasteiger partial charge < -0.3 is 34.3 Å². The number of likely N-dealkylation sites (tertiary alicyclic amines) is 1. The molecule has 2 amide bonds. The van der Waals surface area contributed by atoms with Gasteiger partial charge in [0, 0.05) is 56.0 Å². The maximum Gasteiger partial charge on any atom is 0.413 e. The molecule has 4 heterocycles. The number of carboxylic acid groups (broad SMARTS) is 1. The summed E-state index contributed by atoms with van der Waals surface area (Å²) in [5.41, 5.74) is 3.03. The van der Waals surface area contributed by atoms with Crippen molar-refractivity contribution in [2.75, 3.05) is 58.4 Å². The van der Waals surface area contributed by atoms with Crippen LogP contribution in [0.25, 0.3) is 17.0 Å². The molecule has 2 aromatic heterocycles. The summed E-state index contributed by atoms with van der Waals surface area (Å²) in [6.07, 6.45) is 4.94. The van der Waals surface area contributed by atoms with E-state index in [9.17, 15) is 19.5 Å². The molecule has 2 aliphatic heterocycles. The van der Waals surface area contributed by atoms with Crippen LogP contribution in [0.2, 0.25) is 0 Å². The second-order valence-electron chi connectivity index (χ2n) is 11.0. The fraction of sp³-hybridized carbons (Fsp3) is 0.452. The minimum Gasteiger partial charge on any atom is -0.478 e. The van der Waals surface area contributed by atoms with E-state index in [2.05, 4.69) is 25.8 Å². The Hall–Kier alpha value is -4.53. The lowest BCUT2D eigenvalue weighted by Crippen LogP contribution is -2.50. The number of nitrogens with one attached hydrogen (secondary N) is 3. The first kappa shape index (κ1) is 31.9. The van der Waals surface area contributed by atoms with Crippen LogP contribution >= 0.6 is 0 Å². The van der Waals surface area contributed by atoms with E-state index < -0.39 is 29.9 Å². The van der Waals surface area contributed by atoms with Gasteiger partial charge in [-0.05, 0) is 42.8 Å². The summed E-state index contributed by atoms with van der Waals surface area (Å²) in [5, 5.41) is 23.3. The highest BCUT2D eigenvalue weighted by Crippen LogP contribution is 2.43. The molecular formula is C31H38N6O8. The van der Waals surface area contributed by atoms with E-state index in [0.717, 1.165) is 34.1 Å². The first-order valence-corrected chi connectivity index (χ1v) is 14.9. The van der Waals surface area contributed by atoms with Gasteiger partial charge in [-0.25, -0.2) is 19.4 Å². The molecule has 0 aliphatic carbocycles. The Balaban J connectivity index is 1.19. The minimum atomic E-state index is -1.37. The van der Waals surface area contributed by atoms with Gasteiger partial charge in [-0.15, -0.1) is 0 Å². The van der Waals surface area contributed by atoms with E-state index >= 15 is 0 Å². The maximum atomic E-state index is 13.1. The van der Waals surface area contributed by atoms with Crippen molar-refractivity contribution in [3.63, 3.8) is 0 Å². The predicted molar refractivity (Wildman–Crippen MR) is 164 cm³/mol. The van der Waals surface area contributed by atoms with Gasteiger partial charge >= 0.3 is 18.2 Å². The molecule has 0 radical (unpaired) electrons. The highest BCUT2D eigenvalue weighted by Gasteiger charge is 2.46. The van der Waals surface area contributed by atoms with Gasteiger partial charge in [-0.2, -0.15) is 5.10 Å². The van der Waals surface area contributed by atoms with Crippen molar-refractivity contribution in [3.8, 4) is 0 Å². The Bertz CT molecular complexity index is 1550. The number of amides is 2. The zero-order valence-electron chi connectivity index (χ0n) is 25.3. The van der Waals surface area contributed by atoms with Crippen molar-refractivity contribution < 1.29 is 38.4 Å². The molecule has 4 N–H and O–H groups in total. The summed E-state index contributed by atoms with van der Waals surface area (Å²) in [4.78, 5) is 43.5. The average Bonchev–Trinajstić information content (AvgIpc) is 3.50. The van der Waals surface area contributed by atoms with Crippen molar-refractivity contribution in [1.82, 2.24) is 25.4 Å². The largest absolute Gasteiger partial charge is 0.478 e. The summed E-state index contributed by atoms with van der Waals surface area (Å²) in [6, 6.07) is 5.59. The highest BCUT2D eigenvalue weighted by molar-refractivity contribution is 5.88. The lowest BCUT2D eigenvalue weighted by Gasteiger charge is -2.43. The molecule has 0 bridgehead atoms. The fourth-order valence-electron chi connectivity index (χ4n) is 5.55. The van der Waals surface area contributed by atoms with Gasteiger partial charge in [0.2, 0.25) is 6.10 Å². The third-order valence-electron chi connectivity index (χ3n) is 7.88. The van der Waals surface area contributed by atoms with E-state index in [1.807, 2.05) is 44.3 Å². The normalized spacial score (nSPS) is 16.4. The number of piperidine rings is 1. The molecular weight excluding hydrogens is 584 g/mol. The van der Waals surface area contributed by atoms with Crippen molar-refractivity contribution in [2.24, 2.45) is 0 Å². The first-order chi connectivity index (χ1) is 21.8. The zero-order valence-corrected chi connectivity index (χ0v) is 25.3. The molecule has 1 atom stereocenters. The number of hydrogen-bond acceptors (Lipinski definition) is 10. The monoisotopic (exact) mass is 622 g/mol. The molecule has 14 heteroatoms. The molecule has 240 valence electrons. The van der Waals surface area contributed by atoms with Crippen molar-refractivity contribution in [2.45, 2.75) is 37.9 Å². The maximum absolute atomic E-state index is 13.1. The van der Waals surface area contributed by atoms with Crippen LogP contribution in [0.3, 0.4) is 0 Å². The number of anilines is 1. The first-order valence-electron chi connectivity index (χ1n) is 14.9. The van der Waals surface area contributed by atoms with Gasteiger partial charge in [0.15, 0.2) is 0 Å². The van der Waals surface area contributed by atoms with Crippen molar-refractivity contribution in [3.05, 3.63) is 58.9 Å². The number of aromatic nitrogens is 3. The number of carbonyl (C=O) groups excluding carboxylic acids is 2. The van der Waals surface area contributed by atoms with E-state index in [-0.39, 0.29) is 19.5 Å². The number of likely N-dealkylation sites (N-methyl/N-ethyl adjacent to an activating group) is 1. The standard InChI is InChI=1S/C31H38N6O8/c1-20-14-22(15-23-19-34-36-26(20)23)17-25(28(38)39)44-30(41)37-8-5-31(6-9-37)24-16-21(18-33-27(24)35-29(40)45-31)4-3-10-42-12-13-43-11-7-32-2/h3-4,14-16,18-19,25,32H,5-13,17H2,1-2H3,(H,34,36)(H,38,39)(H,33,35,40)/b4-3+/t25-/m1/s1. The molecule has 1 fully saturated rings. The summed E-state index contributed by atoms with van der Waals surface area (Å²) < 4.78 is 22.3. The number of rotatable bonds is 13. The highest BCUT2D eigenvalue weighted by atomic mass is 16.6. The van der Waals surface area contributed by atoms with Crippen LogP contribution in [0.4, 0.5) is 15.4 Å². The molecule has 45 heavy (non-hydrogen) atoms. The van der Waals surface area contributed by atoms with E-state index in [0.29, 0.717) is 50.7 Å². The Labute approximate surface area is 260 Å². The van der Waals surface area contributed by atoms with Crippen LogP contribution in [-0.2, 0) is 35.8 Å². The number of pyridine rings is 1. The molecule has 3 aromatic rings. The second-order valence-corrected chi connectivity index (χ2v) is 11.0. The van der Waals surface area contributed by atoms with Crippen LogP contribution in [0.15, 0.2) is 36.7 Å². The van der Waals surface area contributed by atoms with E-state index in [1.54, 1.807) is 12.4 Å². The van der Waals surface area contributed by atoms with Gasteiger partial charge in [0.05, 0.1) is 38.1 Å². The SMILES string of the molecule is CNCCOCCOC/C=C/c1cnc2c(c1)C1(CCN(C(=O)O[C@H](Cc3cc(C)c4[nH]ncc4c3)C(=O)O)CC1)OC(=O)N2. The number of aliphatic carboxylic acids is 1. The summed E-state index contributed by atoms with van der Waals surface area (Å²) >= 11 is 0. The Kier molecular flexibility index (Phi) is 10.3. The number of aryl methyl sites for hydroxylation is 1. The van der Waals surface area contributed by atoms with Crippen LogP contribution < -0.4 is 10.6 Å². The van der Waals surface area contributed by atoms with E-state index in [4.69, 9.17) is 18.9 Å². The lowest BCUT2D eigenvalue weighted by molar-refractivity contribution is -0.147. The lowest BCUT2D eigenvalue weighted by atomic mass is 9.83. The van der Waals surface area contributed by atoms with Gasteiger partial charge in [-0.1, -0.05) is 18.2 Å². The Morgan fingerprint density at radius 1 is 1.18 bits per heavy atom. The molecule has 2 aliphatic rings. The zero-order chi connectivity index (χ0) is 31.8. The molecule has 14 nitrogen and oxygen atoms in total. The Morgan fingerprint density at radius 3 is 2.76 bits per heavy atom. The van der Waals surface area contributed by atoms with Crippen molar-refractivity contribution in [1.29, 1.82) is 0 Å². The number of hydrogen-bond donors (Lipinski definition) is 4. The minimum absolute atomic E-state index is 0.00885. The van der Waals surface area contributed by atoms with Crippen LogP contribution in [-0.4, -0.2) is 103 Å². The number of aromatic amines is 1. The molecule has 0 saturated carbocycles. The van der Waals surface area contributed by atoms with Gasteiger partial charge in [-0.3, -0.25) is 10.4 Å². The second kappa shape index (κ2) is 14.5. The number of nitrogens with zero attached hydrogens (tertiary/aromatic N) is 3. The van der Waals surface area contributed by atoms with Crippen LogP contribution in [0.5, 0.6) is 0 Å². The van der Waals surface area contributed by atoms with Crippen LogP contribution in [0, 0.1) is 6.92 Å². The predicted octanol–water partition coefficient (Wildman–Crippen LogP) is 3.22. The molecule has 0 unspecified atom stereocenters. The molecule has 5 rings (SSSR count). The van der Waals surface area contributed by atoms with Gasteiger partial charge in [0.25, 0.3) is 0 Å². The summed E-state index contributed by atoms with van der Waals surface area (Å²) in [5.74, 6) is -0.830. The van der Waals surface area contributed by atoms with Crippen molar-refractivity contribution >= 4 is 41.0 Å². The third kappa shape index (κ3) is 7.77. The number of H-pyrrole nitrogens is 1. The molecule has 1 spiro atoms. The smallest absolute Gasteiger partial charge is 0.413 e. The van der Waals surface area contributed by atoms with Gasteiger partial charge in [0.1, 0.15) is 11.4 Å². The number of ether oxygens (including phenoxy) is 4. The third-order valence-corrected chi connectivity index (χ3v) is 7.88. The molecule has 1 saturated heterocycles. The fourth-order valence-corrected chi connectivity index (χ4v) is 5.55. The summed E-state index contributed by atoms with van der Waals surface area (Å²) in [6.45, 7) is 5.10. The number of benzene rings is 1. The quantitative estimate of drug-likeness (QED) is 0.206. The average molecular weight is 623 g/mol. The van der Waals surface area contributed by atoms with Crippen LogP contribution in [0.1, 0.15) is 35.1 Å².